The fourth-order valence-electron chi connectivity index (χ4n) is 3.17. The summed E-state index contributed by atoms with van der Waals surface area (Å²) in [6, 6.07) is 7.98. The van der Waals surface area contributed by atoms with E-state index in [9.17, 15) is 4.79 Å². The SMILES string of the molecule is Cc1cc(C)cc(Nc2nc(C)cc(C(=O)N3CCCCC3)n2)c1. The molecule has 5 heteroatoms. The van der Waals surface area contributed by atoms with E-state index >= 15 is 0 Å². The first-order valence-electron chi connectivity index (χ1n) is 8.51. The molecule has 0 aliphatic carbocycles. The van der Waals surface area contributed by atoms with Crippen molar-refractivity contribution in [3.63, 3.8) is 0 Å². The zero-order valence-electron chi connectivity index (χ0n) is 14.6. The summed E-state index contributed by atoms with van der Waals surface area (Å²) in [7, 11) is 0. The van der Waals surface area contributed by atoms with Crippen molar-refractivity contribution in [1.82, 2.24) is 14.9 Å². The van der Waals surface area contributed by atoms with Gasteiger partial charge in [-0.15, -0.1) is 0 Å². The maximum absolute atomic E-state index is 12.7. The molecule has 1 aliphatic rings. The van der Waals surface area contributed by atoms with E-state index in [2.05, 4.69) is 35.2 Å². The predicted molar refractivity (Wildman–Crippen MR) is 95.7 cm³/mol. The molecule has 0 spiro atoms. The highest BCUT2D eigenvalue weighted by atomic mass is 16.2. The van der Waals surface area contributed by atoms with Gasteiger partial charge < -0.3 is 10.2 Å². The molecule has 2 aromatic rings. The Morgan fingerprint density at radius 3 is 2.29 bits per heavy atom. The van der Waals surface area contributed by atoms with Gasteiger partial charge in [0.05, 0.1) is 0 Å². The maximum atomic E-state index is 12.7. The number of anilines is 2. The van der Waals surface area contributed by atoms with Gasteiger partial charge in [-0.25, -0.2) is 9.97 Å². The lowest BCUT2D eigenvalue weighted by molar-refractivity contribution is 0.0718. The maximum Gasteiger partial charge on any atom is 0.272 e. The smallest absolute Gasteiger partial charge is 0.272 e. The highest BCUT2D eigenvalue weighted by molar-refractivity contribution is 5.92. The zero-order chi connectivity index (χ0) is 17.1. The number of benzene rings is 1. The van der Waals surface area contributed by atoms with E-state index in [1.807, 2.05) is 24.0 Å². The summed E-state index contributed by atoms with van der Waals surface area (Å²) in [6.07, 6.45) is 3.35. The summed E-state index contributed by atoms with van der Waals surface area (Å²) in [6.45, 7) is 7.64. The molecule has 1 amide bonds. The third-order valence-corrected chi connectivity index (χ3v) is 4.19. The largest absolute Gasteiger partial charge is 0.337 e. The molecule has 1 aromatic carbocycles. The number of amides is 1. The van der Waals surface area contributed by atoms with E-state index in [0.29, 0.717) is 11.6 Å². The third kappa shape index (κ3) is 3.91. The molecule has 24 heavy (non-hydrogen) atoms. The number of likely N-dealkylation sites (tertiary alicyclic amines) is 1. The Morgan fingerprint density at radius 1 is 0.958 bits per heavy atom. The van der Waals surface area contributed by atoms with Crippen LogP contribution in [0.1, 0.15) is 46.6 Å². The number of aromatic nitrogens is 2. The third-order valence-electron chi connectivity index (χ3n) is 4.19. The first-order chi connectivity index (χ1) is 11.5. The first-order valence-corrected chi connectivity index (χ1v) is 8.51. The summed E-state index contributed by atoms with van der Waals surface area (Å²) < 4.78 is 0. The van der Waals surface area contributed by atoms with Gasteiger partial charge in [-0.05, 0) is 69.4 Å². The highest BCUT2D eigenvalue weighted by Crippen LogP contribution is 2.19. The van der Waals surface area contributed by atoms with E-state index < -0.39 is 0 Å². The minimum absolute atomic E-state index is 0.00340. The van der Waals surface area contributed by atoms with Crippen molar-refractivity contribution >= 4 is 17.5 Å². The summed E-state index contributed by atoms with van der Waals surface area (Å²) in [5, 5.41) is 3.23. The van der Waals surface area contributed by atoms with Crippen molar-refractivity contribution in [2.45, 2.75) is 40.0 Å². The molecule has 5 nitrogen and oxygen atoms in total. The van der Waals surface area contributed by atoms with Crippen LogP contribution in [0.5, 0.6) is 0 Å². The number of hydrogen-bond acceptors (Lipinski definition) is 4. The molecule has 1 aromatic heterocycles. The van der Waals surface area contributed by atoms with Gasteiger partial charge in [0.25, 0.3) is 5.91 Å². The molecule has 0 radical (unpaired) electrons. The fourth-order valence-corrected chi connectivity index (χ4v) is 3.17. The Labute approximate surface area is 143 Å². The number of hydrogen-bond donors (Lipinski definition) is 1. The van der Waals surface area contributed by atoms with Crippen LogP contribution in [0.25, 0.3) is 0 Å². The Hall–Kier alpha value is -2.43. The molecule has 1 fully saturated rings. The number of aryl methyl sites for hydroxylation is 3. The molecule has 0 atom stereocenters. The van der Waals surface area contributed by atoms with Crippen molar-refractivity contribution in [3.05, 3.63) is 46.8 Å². The minimum atomic E-state index is 0.00340. The van der Waals surface area contributed by atoms with E-state index in [1.54, 1.807) is 6.07 Å². The van der Waals surface area contributed by atoms with Crippen molar-refractivity contribution in [2.24, 2.45) is 0 Å². The number of carbonyl (C=O) groups is 1. The number of nitrogens with one attached hydrogen (secondary N) is 1. The molecule has 2 heterocycles. The topological polar surface area (TPSA) is 58.1 Å². The minimum Gasteiger partial charge on any atom is -0.337 e. The van der Waals surface area contributed by atoms with Crippen molar-refractivity contribution < 1.29 is 4.79 Å². The van der Waals surface area contributed by atoms with E-state index in [-0.39, 0.29) is 5.91 Å². The lowest BCUT2D eigenvalue weighted by atomic mass is 10.1. The average molecular weight is 324 g/mol. The zero-order valence-corrected chi connectivity index (χ0v) is 14.6. The molecule has 0 saturated carbocycles. The fraction of sp³-hybridized carbons (Fsp3) is 0.421. The summed E-state index contributed by atoms with van der Waals surface area (Å²) in [5.41, 5.74) is 4.55. The van der Waals surface area contributed by atoms with E-state index in [0.717, 1.165) is 37.3 Å². The molecule has 0 unspecified atom stereocenters. The van der Waals surface area contributed by atoms with Crippen LogP contribution < -0.4 is 5.32 Å². The lowest BCUT2D eigenvalue weighted by Gasteiger charge is -2.26. The molecular formula is C19H24N4O. The van der Waals surface area contributed by atoms with Gasteiger partial charge in [0, 0.05) is 24.5 Å². The quantitative estimate of drug-likeness (QED) is 0.933. The number of nitrogens with zero attached hydrogens (tertiary/aromatic N) is 3. The van der Waals surface area contributed by atoms with E-state index in [4.69, 9.17) is 0 Å². The van der Waals surface area contributed by atoms with Crippen LogP contribution in [0.15, 0.2) is 24.3 Å². The summed E-state index contributed by atoms with van der Waals surface area (Å²) >= 11 is 0. The molecule has 1 aliphatic heterocycles. The van der Waals surface area contributed by atoms with Gasteiger partial charge in [-0.1, -0.05) is 6.07 Å². The van der Waals surface area contributed by atoms with E-state index in [1.165, 1.54) is 17.5 Å². The molecule has 1 saturated heterocycles. The number of rotatable bonds is 3. The van der Waals surface area contributed by atoms with Crippen LogP contribution >= 0.6 is 0 Å². The van der Waals surface area contributed by atoms with Gasteiger partial charge in [-0.2, -0.15) is 0 Å². The van der Waals surface area contributed by atoms with Crippen molar-refractivity contribution in [1.29, 1.82) is 0 Å². The van der Waals surface area contributed by atoms with Crippen LogP contribution in [0.3, 0.4) is 0 Å². The molecule has 0 bridgehead atoms. The molecular weight excluding hydrogens is 300 g/mol. The van der Waals surface area contributed by atoms with Crippen molar-refractivity contribution in [2.75, 3.05) is 18.4 Å². The predicted octanol–water partition coefficient (Wildman–Crippen LogP) is 3.77. The summed E-state index contributed by atoms with van der Waals surface area (Å²) in [4.78, 5) is 23.4. The van der Waals surface area contributed by atoms with Gasteiger partial charge in [0.15, 0.2) is 0 Å². The van der Waals surface area contributed by atoms with Gasteiger partial charge in [0.2, 0.25) is 5.95 Å². The molecule has 1 N–H and O–H groups in total. The Bertz CT molecular complexity index is 731. The van der Waals surface area contributed by atoms with Crippen LogP contribution in [0.4, 0.5) is 11.6 Å². The van der Waals surface area contributed by atoms with Crippen LogP contribution in [0.2, 0.25) is 0 Å². The second kappa shape index (κ2) is 6.99. The van der Waals surface area contributed by atoms with Crippen LogP contribution in [0, 0.1) is 20.8 Å². The average Bonchev–Trinajstić information content (AvgIpc) is 2.53. The Balaban J connectivity index is 1.84. The second-order valence-corrected chi connectivity index (χ2v) is 6.57. The second-order valence-electron chi connectivity index (χ2n) is 6.57. The summed E-state index contributed by atoms with van der Waals surface area (Å²) in [5.74, 6) is 0.476. The van der Waals surface area contributed by atoms with Gasteiger partial charge >= 0.3 is 0 Å². The Kier molecular flexibility index (Phi) is 4.79. The first kappa shape index (κ1) is 16.4. The van der Waals surface area contributed by atoms with Crippen LogP contribution in [-0.2, 0) is 0 Å². The van der Waals surface area contributed by atoms with Gasteiger partial charge in [0.1, 0.15) is 5.69 Å². The number of carbonyl (C=O) groups excluding carboxylic acids is 1. The van der Waals surface area contributed by atoms with Gasteiger partial charge in [-0.3, -0.25) is 4.79 Å². The number of piperidine rings is 1. The Morgan fingerprint density at radius 2 is 1.62 bits per heavy atom. The molecule has 126 valence electrons. The highest BCUT2D eigenvalue weighted by Gasteiger charge is 2.20. The molecule has 3 rings (SSSR count). The monoisotopic (exact) mass is 324 g/mol. The van der Waals surface area contributed by atoms with Crippen LogP contribution in [-0.4, -0.2) is 33.9 Å². The van der Waals surface area contributed by atoms with Crippen molar-refractivity contribution in [3.8, 4) is 0 Å². The lowest BCUT2D eigenvalue weighted by Crippen LogP contribution is -2.36. The normalized spacial score (nSPS) is 14.5. The standard InChI is InChI=1S/C19H24N4O/c1-13-9-14(2)11-16(10-13)21-19-20-15(3)12-17(22-19)18(24)23-7-5-4-6-8-23/h9-12H,4-8H2,1-3H3,(H,20,21,22).